The second-order valence-electron chi connectivity index (χ2n) is 11.0. The molecule has 0 aromatic carbocycles. The summed E-state index contributed by atoms with van der Waals surface area (Å²) in [6, 6.07) is -0.982. The fourth-order valence-electron chi connectivity index (χ4n) is 6.05. The molecule has 7 heterocycles. The van der Waals surface area contributed by atoms with Gasteiger partial charge in [0, 0.05) is 0 Å². The first-order chi connectivity index (χ1) is 21.9. The number of fused-ring (bicyclic) bond motifs is 5. The fourth-order valence-corrected chi connectivity index (χ4v) is 7.98. The molecule has 0 spiro atoms. The largest absolute Gasteiger partial charge is 0.472 e. The second kappa shape index (κ2) is 11.8. The standard InChI is InChI=1S/C21H30N10O13P2/c22-15-10-16(25-4-24-15)30(5-26-10)19-7(1-32)13-9(42-19)3-40-46(37,38)44-14-12(33)8(2-39-45(35,36)43-13)41-20(14)31-6-27-11-17(31)28-21(23)29-18(11)34/h4-9,11-14,17,19-21,28,32-33H,1-3,23H2,(H,29,34)(H,35,36)(H,37,38)(H2,22,24,25). The maximum Gasteiger partial charge on any atom is 0.472 e. The Bertz CT molecular complexity index is 1630. The van der Waals surface area contributed by atoms with Crippen molar-refractivity contribution in [1.82, 2.24) is 35.1 Å². The zero-order valence-electron chi connectivity index (χ0n) is 23.4. The summed E-state index contributed by atoms with van der Waals surface area (Å²) < 4.78 is 61.1. The van der Waals surface area contributed by atoms with Crippen molar-refractivity contribution in [1.29, 1.82) is 0 Å². The summed E-state index contributed by atoms with van der Waals surface area (Å²) in [5, 5.41) is 26.8. The highest BCUT2D eigenvalue weighted by atomic mass is 31.2. The minimum atomic E-state index is -5.07. The molecular weight excluding hydrogens is 662 g/mol. The normalized spacial score (nSPS) is 44.7. The number of aliphatic hydroxyl groups excluding tert-OH is 2. The Kier molecular flexibility index (Phi) is 8.14. The van der Waals surface area contributed by atoms with E-state index < -0.39 is 109 Å². The number of hydrogen-bond acceptors (Lipinski definition) is 19. The van der Waals surface area contributed by atoms with E-state index in [1.165, 1.54) is 28.5 Å². The molecule has 0 saturated carbocycles. The third-order valence-corrected chi connectivity index (χ3v) is 10.1. The van der Waals surface area contributed by atoms with E-state index in [0.29, 0.717) is 0 Å². The molecule has 4 saturated heterocycles. The quantitative estimate of drug-likeness (QED) is 0.142. The predicted octanol–water partition coefficient (Wildman–Crippen LogP) is -3.98. The summed E-state index contributed by atoms with van der Waals surface area (Å²) in [7, 11) is -10.1. The molecule has 2 bridgehead atoms. The number of phosphoric ester groups is 2. The number of phosphoric acid groups is 2. The maximum atomic E-state index is 13.3. The zero-order chi connectivity index (χ0) is 32.5. The molecule has 25 heteroatoms. The van der Waals surface area contributed by atoms with Crippen molar-refractivity contribution in [2.45, 2.75) is 61.5 Å². The topological polar surface area (TPSA) is 323 Å². The van der Waals surface area contributed by atoms with Gasteiger partial charge < -0.3 is 45.4 Å². The number of nitrogens with zero attached hydrogens (tertiary/aromatic N) is 6. The van der Waals surface area contributed by atoms with Gasteiger partial charge in [0.15, 0.2) is 23.7 Å². The summed E-state index contributed by atoms with van der Waals surface area (Å²) in [4.78, 5) is 51.5. The average molecular weight is 692 g/mol. The molecule has 0 aliphatic carbocycles. The van der Waals surface area contributed by atoms with Crippen LogP contribution < -0.4 is 22.1 Å². The fraction of sp³-hybridized carbons (Fsp3) is 0.667. The number of nitrogens with two attached hydrogens (primary N) is 2. The number of aliphatic hydroxyl groups is 2. The summed E-state index contributed by atoms with van der Waals surface area (Å²) in [6.45, 7) is -2.19. The van der Waals surface area contributed by atoms with Crippen molar-refractivity contribution < 1.29 is 61.5 Å². The SMILES string of the molecule is Nc1ncnc2c1ncn2C1OC2COP(=O)(O)OC3C(O)C(COP(=O)(O)OC2C1CO)OC3N1C=NC2C(=O)NC(N)NC21. The number of aliphatic imine (C=N–C) groups is 1. The molecule has 5 aliphatic rings. The van der Waals surface area contributed by atoms with Crippen LogP contribution in [0.2, 0.25) is 0 Å². The average Bonchev–Trinajstić information content (AvgIpc) is 3.75. The van der Waals surface area contributed by atoms with Crippen molar-refractivity contribution in [3.63, 3.8) is 0 Å². The van der Waals surface area contributed by atoms with Crippen LogP contribution in [0.5, 0.6) is 0 Å². The Hall–Kier alpha value is -2.73. The number of anilines is 1. The Morgan fingerprint density at radius 1 is 1.02 bits per heavy atom. The first kappa shape index (κ1) is 31.8. The highest BCUT2D eigenvalue weighted by Gasteiger charge is 2.56. The van der Waals surface area contributed by atoms with Crippen LogP contribution >= 0.6 is 15.6 Å². The summed E-state index contributed by atoms with van der Waals surface area (Å²) in [6.07, 6.45) is -8.30. The Morgan fingerprint density at radius 3 is 2.46 bits per heavy atom. The lowest BCUT2D eigenvalue weighted by atomic mass is 10.0. The van der Waals surface area contributed by atoms with Crippen LogP contribution in [0.15, 0.2) is 17.6 Å². The van der Waals surface area contributed by atoms with Gasteiger partial charge in [-0.25, -0.2) is 24.1 Å². The van der Waals surface area contributed by atoms with E-state index in [1.54, 1.807) is 0 Å². The number of amides is 1. The Balaban J connectivity index is 1.17. The van der Waals surface area contributed by atoms with Crippen LogP contribution in [0.1, 0.15) is 6.23 Å². The molecule has 13 unspecified atom stereocenters. The monoisotopic (exact) mass is 692 g/mol. The molecule has 0 radical (unpaired) electrons. The van der Waals surface area contributed by atoms with Gasteiger partial charge >= 0.3 is 15.6 Å². The summed E-state index contributed by atoms with van der Waals surface area (Å²) in [5.74, 6) is -1.53. The molecule has 2 aromatic heterocycles. The molecule has 4 fully saturated rings. The van der Waals surface area contributed by atoms with E-state index >= 15 is 0 Å². The van der Waals surface area contributed by atoms with Gasteiger partial charge in [-0.1, -0.05) is 0 Å². The molecule has 5 aliphatic heterocycles. The summed E-state index contributed by atoms with van der Waals surface area (Å²) in [5.41, 5.74) is 12.1. The third kappa shape index (κ3) is 5.61. The van der Waals surface area contributed by atoms with E-state index in [0.717, 1.165) is 0 Å². The molecule has 10 N–H and O–H groups in total. The second-order valence-corrected chi connectivity index (χ2v) is 13.8. The van der Waals surface area contributed by atoms with Crippen LogP contribution in [-0.2, 0) is 41.5 Å². The molecule has 252 valence electrons. The number of rotatable bonds is 3. The van der Waals surface area contributed by atoms with Gasteiger partial charge in [-0.05, 0) is 0 Å². The van der Waals surface area contributed by atoms with Gasteiger partial charge in [-0.3, -0.25) is 43.5 Å². The minimum absolute atomic E-state index is 0.0644. The third-order valence-electron chi connectivity index (χ3n) is 8.16. The van der Waals surface area contributed by atoms with Crippen LogP contribution in [0.25, 0.3) is 11.2 Å². The highest BCUT2D eigenvalue weighted by Crippen LogP contribution is 2.54. The number of nitrogens with one attached hydrogen (secondary N) is 2. The molecule has 23 nitrogen and oxygen atoms in total. The number of aromatic nitrogens is 4. The van der Waals surface area contributed by atoms with Crippen LogP contribution in [0.3, 0.4) is 0 Å². The number of carbonyl (C=O) groups excluding carboxylic acids is 1. The van der Waals surface area contributed by atoms with Gasteiger partial charge in [0.25, 0.3) is 5.91 Å². The smallest absolute Gasteiger partial charge is 0.396 e. The van der Waals surface area contributed by atoms with Crippen LogP contribution in [0.4, 0.5) is 5.82 Å². The molecule has 1 amide bonds. The van der Waals surface area contributed by atoms with Gasteiger partial charge in [0.05, 0.1) is 38.4 Å². The van der Waals surface area contributed by atoms with Gasteiger partial charge in [0.1, 0.15) is 61.0 Å². The predicted molar refractivity (Wildman–Crippen MR) is 147 cm³/mol. The summed E-state index contributed by atoms with van der Waals surface area (Å²) >= 11 is 0. The van der Waals surface area contributed by atoms with E-state index in [1.807, 2.05) is 0 Å². The highest BCUT2D eigenvalue weighted by molar-refractivity contribution is 7.47. The van der Waals surface area contributed by atoms with E-state index in [9.17, 15) is 33.9 Å². The number of carbonyl (C=O) groups is 1. The Labute approximate surface area is 258 Å². The van der Waals surface area contributed by atoms with E-state index in [4.69, 9.17) is 39.0 Å². The van der Waals surface area contributed by atoms with Crippen molar-refractivity contribution >= 4 is 44.9 Å². The lowest BCUT2D eigenvalue weighted by molar-refractivity contribution is -0.130. The van der Waals surface area contributed by atoms with Crippen molar-refractivity contribution in [2.75, 3.05) is 25.6 Å². The Morgan fingerprint density at radius 2 is 1.72 bits per heavy atom. The number of imidazole rings is 1. The maximum absolute atomic E-state index is 13.3. The molecule has 46 heavy (non-hydrogen) atoms. The first-order valence-corrected chi connectivity index (χ1v) is 16.8. The first-order valence-electron chi connectivity index (χ1n) is 13.8. The number of nitrogen functional groups attached to an aromatic ring is 1. The van der Waals surface area contributed by atoms with Gasteiger partial charge in [0.2, 0.25) is 0 Å². The lowest BCUT2D eigenvalue weighted by Crippen LogP contribution is -2.70. The van der Waals surface area contributed by atoms with Gasteiger partial charge in [-0.15, -0.1) is 0 Å². The van der Waals surface area contributed by atoms with E-state index in [-0.39, 0.29) is 17.0 Å². The molecule has 7 rings (SSSR count). The van der Waals surface area contributed by atoms with Crippen molar-refractivity contribution in [3.8, 4) is 0 Å². The lowest BCUT2D eigenvalue weighted by Gasteiger charge is -2.39. The van der Waals surface area contributed by atoms with Crippen molar-refractivity contribution in [3.05, 3.63) is 12.7 Å². The number of ether oxygens (including phenoxy) is 2. The van der Waals surface area contributed by atoms with Gasteiger partial charge in [-0.2, -0.15) is 0 Å². The zero-order valence-corrected chi connectivity index (χ0v) is 25.2. The van der Waals surface area contributed by atoms with Crippen LogP contribution in [0, 0.1) is 5.92 Å². The van der Waals surface area contributed by atoms with Crippen molar-refractivity contribution in [2.24, 2.45) is 16.6 Å². The molecular formula is C21H30N10O13P2. The van der Waals surface area contributed by atoms with Crippen LogP contribution in [-0.4, -0.2) is 132 Å². The minimum Gasteiger partial charge on any atom is -0.396 e. The molecule has 2 aromatic rings. The number of hydrogen-bond donors (Lipinski definition) is 8. The molecule has 13 atom stereocenters. The van der Waals surface area contributed by atoms with E-state index in [2.05, 4.69) is 30.6 Å².